The second kappa shape index (κ2) is 11.8. The Bertz CT molecular complexity index is 876. The summed E-state index contributed by atoms with van der Waals surface area (Å²) in [6, 6.07) is 11.3. The Morgan fingerprint density at radius 3 is 2.29 bits per heavy atom. The number of rotatable bonds is 9. The average molecular weight is 438 g/mol. The van der Waals surface area contributed by atoms with Crippen LogP contribution in [0.2, 0.25) is 0 Å². The Labute approximate surface area is 180 Å². The lowest BCUT2D eigenvalue weighted by Gasteiger charge is -2.23. The van der Waals surface area contributed by atoms with Gasteiger partial charge in [-0.2, -0.15) is 0 Å². The number of nitro benzene ring substituents is 1. The first-order valence-corrected chi connectivity index (χ1v) is 9.85. The van der Waals surface area contributed by atoms with E-state index in [1.807, 2.05) is 44.2 Å². The molecule has 0 heterocycles. The van der Waals surface area contributed by atoms with Crippen LogP contribution in [0, 0.1) is 10.1 Å². The minimum atomic E-state index is -3.10. The van der Waals surface area contributed by atoms with Crippen LogP contribution in [-0.2, 0) is 6.61 Å². The van der Waals surface area contributed by atoms with Gasteiger partial charge in [-0.1, -0.05) is 51.1 Å². The smallest absolute Gasteiger partial charge is 0.286 e. The molecule has 2 aromatic rings. The van der Waals surface area contributed by atoms with E-state index in [-0.39, 0.29) is 23.7 Å². The molecule has 9 heteroatoms. The second-order valence-corrected chi connectivity index (χ2v) is 6.42. The van der Waals surface area contributed by atoms with Gasteiger partial charge in [-0.25, -0.2) is 8.78 Å². The van der Waals surface area contributed by atoms with Gasteiger partial charge in [-0.15, -0.1) is 0 Å². The van der Waals surface area contributed by atoms with Gasteiger partial charge in [0, 0.05) is 19.5 Å². The number of carbonyl (C=O) groups excluding carboxylic acids is 1. The van der Waals surface area contributed by atoms with Crippen molar-refractivity contribution in [2.75, 3.05) is 20.7 Å². The van der Waals surface area contributed by atoms with Gasteiger partial charge in [0.05, 0.1) is 24.6 Å². The van der Waals surface area contributed by atoms with Crippen LogP contribution in [-0.4, -0.2) is 42.4 Å². The zero-order valence-electron chi connectivity index (χ0n) is 18.4. The fourth-order valence-corrected chi connectivity index (χ4v) is 2.62. The summed E-state index contributed by atoms with van der Waals surface area (Å²) in [5, 5.41) is 11.5. The number of nitro groups is 1. The van der Waals surface area contributed by atoms with Gasteiger partial charge in [0.1, 0.15) is 12.2 Å². The monoisotopic (exact) mass is 438 g/mol. The van der Waals surface area contributed by atoms with Gasteiger partial charge in [-0.3, -0.25) is 14.9 Å². The van der Waals surface area contributed by atoms with Gasteiger partial charge in [-0.05, 0) is 5.56 Å². The second-order valence-electron chi connectivity index (χ2n) is 6.42. The number of ether oxygens (including phenoxy) is 2. The number of halogens is 2. The number of nitrogens with zero attached hydrogens (tertiary/aromatic N) is 2. The third kappa shape index (κ3) is 7.20. The fourth-order valence-electron chi connectivity index (χ4n) is 2.62. The Kier molecular flexibility index (Phi) is 9.85. The highest BCUT2D eigenvalue weighted by Crippen LogP contribution is 2.36. The maximum atomic E-state index is 13.6. The molecular formula is C22H28F2N2O5. The Morgan fingerprint density at radius 1 is 1.16 bits per heavy atom. The number of carbonyl (C=O) groups is 1. The molecule has 0 unspecified atom stereocenters. The van der Waals surface area contributed by atoms with Crippen LogP contribution in [0.3, 0.4) is 0 Å². The van der Waals surface area contributed by atoms with Crippen molar-refractivity contribution in [3.8, 4) is 11.5 Å². The molecular weight excluding hydrogens is 410 g/mol. The molecule has 0 aliphatic heterocycles. The lowest BCUT2D eigenvalue weighted by Crippen LogP contribution is -2.38. The van der Waals surface area contributed by atoms with Crippen molar-refractivity contribution in [2.24, 2.45) is 0 Å². The van der Waals surface area contributed by atoms with Crippen molar-refractivity contribution in [3.05, 3.63) is 63.7 Å². The molecule has 7 nitrogen and oxygen atoms in total. The average Bonchev–Trinajstić information content (AvgIpc) is 2.78. The summed E-state index contributed by atoms with van der Waals surface area (Å²) in [5.74, 6) is -3.84. The molecule has 0 radical (unpaired) electrons. The number of benzene rings is 2. The van der Waals surface area contributed by atoms with E-state index in [0.29, 0.717) is 0 Å². The number of hydrogen-bond donors (Lipinski definition) is 0. The summed E-state index contributed by atoms with van der Waals surface area (Å²) < 4.78 is 38.1. The summed E-state index contributed by atoms with van der Waals surface area (Å²) in [5.41, 5.74) is -0.0715. The van der Waals surface area contributed by atoms with Crippen LogP contribution in [0.25, 0.3) is 0 Å². The molecule has 2 aromatic carbocycles. The number of methoxy groups -OCH3 is 1. The van der Waals surface area contributed by atoms with Gasteiger partial charge < -0.3 is 14.4 Å². The lowest BCUT2D eigenvalue weighted by atomic mass is 10.1. The van der Waals surface area contributed by atoms with E-state index in [4.69, 9.17) is 9.47 Å². The molecule has 0 aliphatic carbocycles. The highest BCUT2D eigenvalue weighted by Gasteiger charge is 2.33. The van der Waals surface area contributed by atoms with E-state index in [2.05, 4.69) is 0 Å². The summed E-state index contributed by atoms with van der Waals surface area (Å²) >= 11 is 0. The van der Waals surface area contributed by atoms with Crippen molar-refractivity contribution in [1.82, 2.24) is 4.90 Å². The number of amides is 1. The third-order valence-corrected chi connectivity index (χ3v) is 4.28. The molecule has 0 fully saturated rings. The summed E-state index contributed by atoms with van der Waals surface area (Å²) in [6.45, 7) is 4.57. The van der Waals surface area contributed by atoms with Crippen LogP contribution in [0.1, 0.15) is 43.1 Å². The molecule has 170 valence electrons. The molecule has 1 amide bonds. The first-order valence-electron chi connectivity index (χ1n) is 9.85. The van der Waals surface area contributed by atoms with Gasteiger partial charge in [0.25, 0.3) is 17.5 Å². The SMILES string of the molecule is CC.CCC(F)(F)CN(C)C(=O)c1cc(OC)c(OCc2ccccc2)cc1[N+](=O)[O-]. The molecule has 0 saturated heterocycles. The van der Waals surface area contributed by atoms with Crippen molar-refractivity contribution >= 4 is 11.6 Å². The van der Waals surface area contributed by atoms with E-state index in [1.54, 1.807) is 0 Å². The predicted octanol–water partition coefficient (Wildman–Crippen LogP) is 5.33. The molecule has 0 bridgehead atoms. The maximum absolute atomic E-state index is 13.6. The highest BCUT2D eigenvalue weighted by molar-refractivity contribution is 5.99. The Balaban J connectivity index is 0.00000233. The molecule has 0 saturated carbocycles. The molecule has 0 spiro atoms. The fraction of sp³-hybridized carbons (Fsp3) is 0.409. The summed E-state index contributed by atoms with van der Waals surface area (Å²) in [4.78, 5) is 24.1. The van der Waals surface area contributed by atoms with Crippen molar-refractivity contribution in [3.63, 3.8) is 0 Å². The van der Waals surface area contributed by atoms with Crippen molar-refractivity contribution < 1.29 is 28.0 Å². The molecule has 0 N–H and O–H groups in total. The largest absolute Gasteiger partial charge is 0.493 e. The topological polar surface area (TPSA) is 81.9 Å². The van der Waals surface area contributed by atoms with Gasteiger partial charge in [0.2, 0.25) is 0 Å². The van der Waals surface area contributed by atoms with E-state index in [9.17, 15) is 23.7 Å². The molecule has 31 heavy (non-hydrogen) atoms. The zero-order chi connectivity index (χ0) is 23.6. The molecule has 2 rings (SSSR count). The van der Waals surface area contributed by atoms with Crippen LogP contribution in [0.15, 0.2) is 42.5 Å². The van der Waals surface area contributed by atoms with Crippen LogP contribution >= 0.6 is 0 Å². The van der Waals surface area contributed by atoms with Crippen molar-refractivity contribution in [2.45, 2.75) is 39.7 Å². The lowest BCUT2D eigenvalue weighted by molar-refractivity contribution is -0.385. The zero-order valence-corrected chi connectivity index (χ0v) is 18.4. The predicted molar refractivity (Wildman–Crippen MR) is 114 cm³/mol. The van der Waals surface area contributed by atoms with Gasteiger partial charge in [0.15, 0.2) is 11.5 Å². The Hall–Kier alpha value is -3.23. The molecule has 0 atom stereocenters. The van der Waals surface area contributed by atoms with Gasteiger partial charge >= 0.3 is 0 Å². The normalized spacial score (nSPS) is 10.5. The van der Waals surface area contributed by atoms with Crippen LogP contribution in [0.4, 0.5) is 14.5 Å². The summed E-state index contributed by atoms with van der Waals surface area (Å²) in [7, 11) is 2.49. The van der Waals surface area contributed by atoms with E-state index in [1.165, 1.54) is 21.1 Å². The standard InChI is InChI=1S/C20H22F2N2O5.C2H6/c1-4-20(21,22)13-23(2)19(25)15-10-17(28-3)18(11-16(15)24(26)27)29-12-14-8-6-5-7-9-14;1-2/h5-11H,4,12-13H2,1-3H3;1-2H3. The van der Waals surface area contributed by atoms with E-state index in [0.717, 1.165) is 22.6 Å². The quantitative estimate of drug-likeness (QED) is 0.391. The maximum Gasteiger partial charge on any atom is 0.286 e. The Morgan fingerprint density at radius 2 is 1.77 bits per heavy atom. The first-order chi connectivity index (χ1) is 14.7. The number of alkyl halides is 2. The molecule has 0 aliphatic rings. The van der Waals surface area contributed by atoms with E-state index >= 15 is 0 Å². The van der Waals surface area contributed by atoms with E-state index < -0.39 is 35.4 Å². The number of hydrogen-bond acceptors (Lipinski definition) is 5. The minimum absolute atomic E-state index is 0.0705. The van der Waals surface area contributed by atoms with Crippen LogP contribution in [0.5, 0.6) is 11.5 Å². The minimum Gasteiger partial charge on any atom is -0.493 e. The van der Waals surface area contributed by atoms with Crippen LogP contribution < -0.4 is 9.47 Å². The third-order valence-electron chi connectivity index (χ3n) is 4.28. The highest BCUT2D eigenvalue weighted by atomic mass is 19.3. The van der Waals surface area contributed by atoms with Crippen molar-refractivity contribution in [1.29, 1.82) is 0 Å². The first kappa shape index (κ1) is 25.8. The molecule has 0 aromatic heterocycles. The summed E-state index contributed by atoms with van der Waals surface area (Å²) in [6.07, 6.45) is -0.456.